The summed E-state index contributed by atoms with van der Waals surface area (Å²) in [6.07, 6.45) is 0. The maximum Gasteiger partial charge on any atom is 0.265 e. The largest absolute Gasteiger partial charge is 0.495 e. The molecule has 2 aromatic rings. The lowest BCUT2D eigenvalue weighted by Crippen LogP contribution is -2.14. The van der Waals surface area contributed by atoms with Gasteiger partial charge in [-0.05, 0) is 36.4 Å². The standard InChI is InChI=1S/C14H11FN2O3S/c1-20-13-6-5-11(15)8-14(13)21(18,19)17-12-4-2-3-10(7-12)9-16/h2-8,17H,1H3. The second kappa shape index (κ2) is 5.81. The molecule has 5 nitrogen and oxygen atoms in total. The Morgan fingerprint density at radius 3 is 2.67 bits per heavy atom. The summed E-state index contributed by atoms with van der Waals surface area (Å²) in [4.78, 5) is -0.313. The van der Waals surface area contributed by atoms with Crippen molar-refractivity contribution in [3.8, 4) is 11.8 Å². The number of halogens is 1. The minimum Gasteiger partial charge on any atom is -0.495 e. The summed E-state index contributed by atoms with van der Waals surface area (Å²) >= 11 is 0. The van der Waals surface area contributed by atoms with Crippen LogP contribution in [0.15, 0.2) is 47.4 Å². The molecule has 0 unspecified atom stereocenters. The first-order valence-electron chi connectivity index (χ1n) is 5.83. The smallest absolute Gasteiger partial charge is 0.265 e. The maximum absolute atomic E-state index is 13.3. The van der Waals surface area contributed by atoms with Crippen molar-refractivity contribution in [1.82, 2.24) is 0 Å². The molecule has 0 spiro atoms. The quantitative estimate of drug-likeness (QED) is 0.941. The maximum atomic E-state index is 13.3. The number of anilines is 1. The Labute approximate surface area is 121 Å². The highest BCUT2D eigenvalue weighted by Gasteiger charge is 2.20. The molecule has 0 atom stereocenters. The fourth-order valence-electron chi connectivity index (χ4n) is 1.72. The van der Waals surface area contributed by atoms with E-state index in [1.807, 2.05) is 6.07 Å². The van der Waals surface area contributed by atoms with Crippen molar-refractivity contribution < 1.29 is 17.5 Å². The van der Waals surface area contributed by atoms with Gasteiger partial charge in [-0.1, -0.05) is 6.07 Å². The summed E-state index contributed by atoms with van der Waals surface area (Å²) in [6, 6.07) is 11.1. The zero-order valence-corrected chi connectivity index (χ0v) is 11.8. The molecule has 0 aromatic heterocycles. The third kappa shape index (κ3) is 3.30. The van der Waals surface area contributed by atoms with Crippen LogP contribution in [-0.2, 0) is 10.0 Å². The van der Waals surface area contributed by atoms with E-state index in [0.717, 1.165) is 12.1 Å². The van der Waals surface area contributed by atoms with Gasteiger partial charge >= 0.3 is 0 Å². The SMILES string of the molecule is COc1ccc(F)cc1S(=O)(=O)Nc1cccc(C#N)c1. The van der Waals surface area contributed by atoms with Crippen LogP contribution in [0.1, 0.15) is 5.56 Å². The van der Waals surface area contributed by atoms with E-state index in [-0.39, 0.29) is 16.3 Å². The van der Waals surface area contributed by atoms with Crippen LogP contribution in [0.4, 0.5) is 10.1 Å². The molecule has 0 radical (unpaired) electrons. The molecule has 21 heavy (non-hydrogen) atoms. The van der Waals surface area contributed by atoms with E-state index in [4.69, 9.17) is 10.00 Å². The Bertz CT molecular complexity index is 813. The summed E-state index contributed by atoms with van der Waals surface area (Å²) in [6.45, 7) is 0. The van der Waals surface area contributed by atoms with Crippen LogP contribution >= 0.6 is 0 Å². The van der Waals surface area contributed by atoms with Crippen LogP contribution in [0, 0.1) is 17.1 Å². The second-order valence-electron chi connectivity index (χ2n) is 4.09. The van der Waals surface area contributed by atoms with Gasteiger partial charge in [-0.3, -0.25) is 4.72 Å². The van der Waals surface area contributed by atoms with Crippen LogP contribution in [0.3, 0.4) is 0 Å². The summed E-state index contributed by atoms with van der Waals surface area (Å²) in [5.74, 6) is -0.665. The summed E-state index contributed by atoms with van der Waals surface area (Å²) < 4.78 is 45.1. The van der Waals surface area contributed by atoms with E-state index in [1.165, 1.54) is 25.3 Å². The zero-order valence-electron chi connectivity index (χ0n) is 11.0. The summed E-state index contributed by atoms with van der Waals surface area (Å²) in [5, 5.41) is 8.80. The minimum atomic E-state index is -4.03. The predicted octanol–water partition coefficient (Wildman–Crippen LogP) is 2.51. The van der Waals surface area contributed by atoms with Gasteiger partial charge in [-0.2, -0.15) is 5.26 Å². The molecule has 0 amide bonds. The first-order chi connectivity index (χ1) is 9.96. The van der Waals surface area contributed by atoms with Crippen LogP contribution in [0.5, 0.6) is 5.75 Å². The average Bonchev–Trinajstić information content (AvgIpc) is 2.47. The van der Waals surface area contributed by atoms with Crippen molar-refractivity contribution in [2.75, 3.05) is 11.8 Å². The van der Waals surface area contributed by atoms with Gasteiger partial charge in [-0.15, -0.1) is 0 Å². The highest BCUT2D eigenvalue weighted by molar-refractivity contribution is 7.92. The minimum absolute atomic E-state index is 0.0281. The van der Waals surface area contributed by atoms with Gasteiger partial charge in [0.05, 0.1) is 24.4 Å². The third-order valence-corrected chi connectivity index (χ3v) is 4.06. The first-order valence-corrected chi connectivity index (χ1v) is 7.31. The molecule has 1 N–H and O–H groups in total. The number of nitrogens with zero attached hydrogens (tertiary/aromatic N) is 1. The van der Waals surface area contributed by atoms with Gasteiger partial charge in [0.15, 0.2) is 0 Å². The van der Waals surface area contributed by atoms with Crippen molar-refractivity contribution in [3.63, 3.8) is 0 Å². The number of nitrogens with one attached hydrogen (secondary N) is 1. The van der Waals surface area contributed by atoms with Gasteiger partial charge in [0, 0.05) is 0 Å². The Hall–Kier alpha value is -2.59. The van der Waals surface area contributed by atoms with Crippen molar-refractivity contribution >= 4 is 15.7 Å². The van der Waals surface area contributed by atoms with E-state index in [1.54, 1.807) is 12.1 Å². The first kappa shape index (κ1) is 14.8. The zero-order chi connectivity index (χ0) is 15.5. The van der Waals surface area contributed by atoms with E-state index in [0.29, 0.717) is 5.56 Å². The number of benzene rings is 2. The Morgan fingerprint density at radius 1 is 1.24 bits per heavy atom. The molecule has 108 valence electrons. The topological polar surface area (TPSA) is 79.2 Å². The third-order valence-electron chi connectivity index (χ3n) is 2.66. The Morgan fingerprint density at radius 2 is 2.00 bits per heavy atom. The molecule has 2 rings (SSSR count). The van der Waals surface area contributed by atoms with E-state index in [9.17, 15) is 12.8 Å². The van der Waals surface area contributed by atoms with Gasteiger partial charge < -0.3 is 4.74 Å². The molecule has 0 aliphatic heterocycles. The second-order valence-corrected chi connectivity index (χ2v) is 5.74. The molecule has 0 saturated heterocycles. The summed E-state index contributed by atoms with van der Waals surface area (Å²) in [7, 11) is -2.73. The number of nitriles is 1. The van der Waals surface area contributed by atoms with Crippen molar-refractivity contribution in [1.29, 1.82) is 5.26 Å². The normalized spacial score (nSPS) is 10.7. The fourth-order valence-corrected chi connectivity index (χ4v) is 2.95. The molecule has 0 fully saturated rings. The monoisotopic (exact) mass is 306 g/mol. The Kier molecular flexibility index (Phi) is 4.10. The number of rotatable bonds is 4. The molecule has 2 aromatic carbocycles. The van der Waals surface area contributed by atoms with Crippen LogP contribution < -0.4 is 9.46 Å². The highest BCUT2D eigenvalue weighted by atomic mass is 32.2. The molecule has 7 heteroatoms. The van der Waals surface area contributed by atoms with Crippen LogP contribution in [0.2, 0.25) is 0 Å². The van der Waals surface area contributed by atoms with Gasteiger partial charge in [0.2, 0.25) is 0 Å². The molecule has 0 aliphatic carbocycles. The van der Waals surface area contributed by atoms with Gasteiger partial charge in [0.25, 0.3) is 10.0 Å². The van der Waals surface area contributed by atoms with Gasteiger partial charge in [0.1, 0.15) is 16.5 Å². The van der Waals surface area contributed by atoms with Crippen LogP contribution in [0.25, 0.3) is 0 Å². The molecular formula is C14H11FN2O3S. The average molecular weight is 306 g/mol. The number of hydrogen-bond donors (Lipinski definition) is 1. The molecular weight excluding hydrogens is 295 g/mol. The molecule has 0 bridgehead atoms. The lowest BCUT2D eigenvalue weighted by molar-refractivity contribution is 0.401. The van der Waals surface area contributed by atoms with E-state index < -0.39 is 15.8 Å². The van der Waals surface area contributed by atoms with E-state index in [2.05, 4.69) is 4.72 Å². The number of sulfonamides is 1. The number of methoxy groups -OCH3 is 1. The highest BCUT2D eigenvalue weighted by Crippen LogP contribution is 2.26. The van der Waals surface area contributed by atoms with Crippen molar-refractivity contribution in [2.45, 2.75) is 4.90 Å². The molecule has 0 aliphatic rings. The number of hydrogen-bond acceptors (Lipinski definition) is 4. The molecule has 0 heterocycles. The number of ether oxygens (including phenoxy) is 1. The molecule has 0 saturated carbocycles. The predicted molar refractivity (Wildman–Crippen MR) is 74.9 cm³/mol. The Balaban J connectivity index is 2.43. The van der Waals surface area contributed by atoms with Crippen molar-refractivity contribution in [3.05, 3.63) is 53.8 Å². The van der Waals surface area contributed by atoms with Crippen LogP contribution in [-0.4, -0.2) is 15.5 Å². The fraction of sp³-hybridized carbons (Fsp3) is 0.0714. The van der Waals surface area contributed by atoms with Crippen molar-refractivity contribution in [2.24, 2.45) is 0 Å². The lowest BCUT2D eigenvalue weighted by Gasteiger charge is -2.11. The lowest BCUT2D eigenvalue weighted by atomic mass is 10.2. The van der Waals surface area contributed by atoms with Gasteiger partial charge in [-0.25, -0.2) is 12.8 Å². The summed E-state index contributed by atoms with van der Waals surface area (Å²) in [5.41, 5.74) is 0.516. The van der Waals surface area contributed by atoms with E-state index >= 15 is 0 Å².